The molecule has 1 aliphatic rings. The molecule has 2 heterocycles. The number of piperazine rings is 1. The molecule has 0 aliphatic carbocycles. The second-order valence-corrected chi connectivity index (χ2v) is 8.33. The third-order valence-electron chi connectivity index (χ3n) is 5.21. The lowest BCUT2D eigenvalue weighted by Crippen LogP contribution is -2.47. The molecule has 3 rings (SSSR count). The summed E-state index contributed by atoms with van der Waals surface area (Å²) in [7, 11) is 0. The standard InChI is InChI=1S/C22H30BrN5O/c23-20-9-7-19(8-10-20)5-1-2-6-21(29)24-13-4-14-27-15-17-28(18-16-27)22-25-11-3-12-26-22/h3,7-12H,1-2,4-6,13-18H2,(H,24,29). The van der Waals surface area contributed by atoms with Crippen LogP contribution in [0.25, 0.3) is 0 Å². The average Bonchev–Trinajstić information content (AvgIpc) is 2.76. The molecule has 0 bridgehead atoms. The van der Waals surface area contributed by atoms with E-state index < -0.39 is 0 Å². The smallest absolute Gasteiger partial charge is 0.225 e. The lowest BCUT2D eigenvalue weighted by atomic mass is 10.1. The molecule has 1 saturated heterocycles. The van der Waals surface area contributed by atoms with Crippen LogP contribution in [-0.4, -0.2) is 60.0 Å². The molecule has 0 spiro atoms. The average molecular weight is 460 g/mol. The number of nitrogens with zero attached hydrogens (tertiary/aromatic N) is 4. The quantitative estimate of drug-likeness (QED) is 0.552. The maximum Gasteiger partial charge on any atom is 0.225 e. The van der Waals surface area contributed by atoms with Gasteiger partial charge in [-0.15, -0.1) is 0 Å². The van der Waals surface area contributed by atoms with Gasteiger partial charge in [-0.1, -0.05) is 28.1 Å². The Kier molecular flexibility index (Phi) is 8.89. The lowest BCUT2D eigenvalue weighted by Gasteiger charge is -2.34. The number of hydrogen-bond donors (Lipinski definition) is 1. The third-order valence-corrected chi connectivity index (χ3v) is 5.74. The van der Waals surface area contributed by atoms with Crippen LogP contribution in [0, 0.1) is 0 Å². The SMILES string of the molecule is O=C(CCCCc1ccc(Br)cc1)NCCCN1CCN(c2ncccn2)CC1. The molecule has 1 aliphatic heterocycles. The molecule has 29 heavy (non-hydrogen) atoms. The number of rotatable bonds is 10. The molecule has 1 N–H and O–H groups in total. The molecular formula is C22H30BrN5O. The topological polar surface area (TPSA) is 61.4 Å². The molecule has 1 fully saturated rings. The first-order valence-corrected chi connectivity index (χ1v) is 11.3. The van der Waals surface area contributed by atoms with Gasteiger partial charge in [-0.25, -0.2) is 9.97 Å². The Morgan fingerprint density at radius 1 is 1.00 bits per heavy atom. The molecule has 1 aromatic heterocycles. The molecule has 2 aromatic rings. The van der Waals surface area contributed by atoms with Gasteiger partial charge in [0.25, 0.3) is 0 Å². The van der Waals surface area contributed by atoms with E-state index in [4.69, 9.17) is 0 Å². The van der Waals surface area contributed by atoms with Crippen LogP contribution in [0.2, 0.25) is 0 Å². The number of aromatic nitrogens is 2. The summed E-state index contributed by atoms with van der Waals surface area (Å²) in [5.41, 5.74) is 1.33. The molecular weight excluding hydrogens is 430 g/mol. The fraction of sp³-hybridized carbons (Fsp3) is 0.500. The van der Waals surface area contributed by atoms with Gasteiger partial charge in [0.1, 0.15) is 0 Å². The van der Waals surface area contributed by atoms with Crippen molar-refractivity contribution in [3.63, 3.8) is 0 Å². The maximum absolute atomic E-state index is 12.0. The van der Waals surface area contributed by atoms with Crippen molar-refractivity contribution in [3.05, 3.63) is 52.8 Å². The first-order chi connectivity index (χ1) is 14.2. The molecule has 0 radical (unpaired) electrons. The fourth-order valence-electron chi connectivity index (χ4n) is 3.51. The van der Waals surface area contributed by atoms with E-state index in [1.165, 1.54) is 5.56 Å². The number of nitrogens with one attached hydrogen (secondary N) is 1. The van der Waals surface area contributed by atoms with E-state index in [0.29, 0.717) is 6.42 Å². The van der Waals surface area contributed by atoms with Crippen molar-refractivity contribution in [2.45, 2.75) is 32.1 Å². The van der Waals surface area contributed by atoms with Gasteiger partial charge < -0.3 is 10.2 Å². The van der Waals surface area contributed by atoms with E-state index in [1.807, 2.05) is 6.07 Å². The molecule has 6 nitrogen and oxygen atoms in total. The normalized spacial score (nSPS) is 14.7. The van der Waals surface area contributed by atoms with E-state index in [2.05, 4.69) is 65.3 Å². The summed E-state index contributed by atoms with van der Waals surface area (Å²) in [6.07, 6.45) is 8.20. The summed E-state index contributed by atoms with van der Waals surface area (Å²) >= 11 is 3.45. The largest absolute Gasteiger partial charge is 0.356 e. The van der Waals surface area contributed by atoms with Gasteiger partial charge in [0.15, 0.2) is 0 Å². The molecule has 7 heteroatoms. The molecule has 0 unspecified atom stereocenters. The highest BCUT2D eigenvalue weighted by molar-refractivity contribution is 9.10. The number of anilines is 1. The van der Waals surface area contributed by atoms with E-state index in [1.54, 1.807) is 12.4 Å². The summed E-state index contributed by atoms with van der Waals surface area (Å²) in [4.78, 5) is 25.3. The van der Waals surface area contributed by atoms with Crippen molar-refractivity contribution in [2.75, 3.05) is 44.2 Å². The highest BCUT2D eigenvalue weighted by Crippen LogP contribution is 2.13. The van der Waals surface area contributed by atoms with Crippen LogP contribution in [0.15, 0.2) is 47.2 Å². The van der Waals surface area contributed by atoms with Crippen molar-refractivity contribution < 1.29 is 4.79 Å². The van der Waals surface area contributed by atoms with E-state index >= 15 is 0 Å². The van der Waals surface area contributed by atoms with Crippen molar-refractivity contribution in [3.8, 4) is 0 Å². The van der Waals surface area contributed by atoms with Crippen LogP contribution in [-0.2, 0) is 11.2 Å². The number of amides is 1. The highest BCUT2D eigenvalue weighted by Gasteiger charge is 2.18. The zero-order valence-electron chi connectivity index (χ0n) is 16.9. The predicted molar refractivity (Wildman–Crippen MR) is 120 cm³/mol. The molecule has 1 amide bonds. The molecule has 0 saturated carbocycles. The molecule has 1 aromatic carbocycles. The van der Waals surface area contributed by atoms with Gasteiger partial charge in [0.05, 0.1) is 0 Å². The lowest BCUT2D eigenvalue weighted by molar-refractivity contribution is -0.121. The Morgan fingerprint density at radius 3 is 2.45 bits per heavy atom. The number of aryl methyl sites for hydroxylation is 1. The second kappa shape index (κ2) is 11.9. The number of benzene rings is 1. The zero-order valence-corrected chi connectivity index (χ0v) is 18.5. The third kappa shape index (κ3) is 7.74. The number of carbonyl (C=O) groups is 1. The van der Waals surface area contributed by atoms with Crippen LogP contribution in [0.1, 0.15) is 31.2 Å². The van der Waals surface area contributed by atoms with Crippen LogP contribution >= 0.6 is 15.9 Å². The Bertz CT molecular complexity index is 733. The molecule has 156 valence electrons. The zero-order chi connectivity index (χ0) is 20.3. The summed E-state index contributed by atoms with van der Waals surface area (Å²) in [5, 5.41) is 3.06. The van der Waals surface area contributed by atoms with Crippen LogP contribution in [0.5, 0.6) is 0 Å². The Morgan fingerprint density at radius 2 is 1.72 bits per heavy atom. The van der Waals surface area contributed by atoms with Crippen molar-refractivity contribution in [1.82, 2.24) is 20.2 Å². The minimum atomic E-state index is 0.173. The second-order valence-electron chi connectivity index (χ2n) is 7.41. The van der Waals surface area contributed by atoms with Crippen molar-refractivity contribution >= 4 is 27.8 Å². The van der Waals surface area contributed by atoms with E-state index in [9.17, 15) is 4.79 Å². The Labute approximate surface area is 181 Å². The van der Waals surface area contributed by atoms with Gasteiger partial charge >= 0.3 is 0 Å². The Balaban J connectivity index is 1.20. The maximum atomic E-state index is 12.0. The van der Waals surface area contributed by atoms with E-state index in [-0.39, 0.29) is 5.91 Å². The summed E-state index contributed by atoms with van der Waals surface area (Å²) in [6.45, 7) is 5.72. The van der Waals surface area contributed by atoms with Crippen LogP contribution in [0.4, 0.5) is 5.95 Å². The highest BCUT2D eigenvalue weighted by atomic mass is 79.9. The molecule has 0 atom stereocenters. The summed E-state index contributed by atoms with van der Waals surface area (Å²) < 4.78 is 1.10. The number of hydrogen-bond acceptors (Lipinski definition) is 5. The monoisotopic (exact) mass is 459 g/mol. The minimum Gasteiger partial charge on any atom is -0.356 e. The fourth-order valence-corrected chi connectivity index (χ4v) is 3.77. The first-order valence-electron chi connectivity index (χ1n) is 10.5. The van der Waals surface area contributed by atoms with Crippen molar-refractivity contribution in [1.29, 1.82) is 0 Å². The summed E-state index contributed by atoms with van der Waals surface area (Å²) in [6, 6.07) is 10.2. The van der Waals surface area contributed by atoms with Crippen LogP contribution in [0.3, 0.4) is 0 Å². The van der Waals surface area contributed by atoms with Gasteiger partial charge in [-0.3, -0.25) is 9.69 Å². The number of carbonyl (C=O) groups excluding carboxylic acids is 1. The van der Waals surface area contributed by atoms with Crippen LogP contribution < -0.4 is 10.2 Å². The first kappa shape index (κ1) is 21.7. The van der Waals surface area contributed by atoms with Gasteiger partial charge in [-0.05, 0) is 56.0 Å². The summed E-state index contributed by atoms with van der Waals surface area (Å²) in [5.74, 6) is 0.992. The minimum absolute atomic E-state index is 0.173. The van der Waals surface area contributed by atoms with E-state index in [0.717, 1.165) is 75.4 Å². The predicted octanol–water partition coefficient (Wildman–Crippen LogP) is 3.28. The number of halogens is 1. The van der Waals surface area contributed by atoms with Crippen molar-refractivity contribution in [2.24, 2.45) is 0 Å². The van der Waals surface area contributed by atoms with Gasteiger partial charge in [0.2, 0.25) is 11.9 Å². The number of unbranched alkanes of at least 4 members (excludes halogenated alkanes) is 1. The Hall–Kier alpha value is -1.99. The van der Waals surface area contributed by atoms with Gasteiger partial charge in [-0.2, -0.15) is 0 Å². The van der Waals surface area contributed by atoms with Gasteiger partial charge in [0, 0.05) is 56.0 Å².